The molecule has 1 N–H and O–H groups in total. The normalized spacial score (nSPS) is 17.2. The van der Waals surface area contributed by atoms with Gasteiger partial charge in [0.2, 0.25) is 0 Å². The van der Waals surface area contributed by atoms with Crippen LogP contribution >= 0.6 is 0 Å². The molecule has 152 valence electrons. The van der Waals surface area contributed by atoms with E-state index in [-0.39, 0.29) is 12.0 Å². The molecule has 2 heterocycles. The lowest BCUT2D eigenvalue weighted by Gasteiger charge is -2.32. The molecule has 0 spiro atoms. The quantitative estimate of drug-likeness (QED) is 0.793. The third-order valence-electron chi connectivity index (χ3n) is 5.05. The molecule has 1 aromatic heterocycles. The molecule has 0 saturated carbocycles. The first-order valence-electron chi connectivity index (χ1n) is 10.2. The maximum atomic E-state index is 13.1. The average molecular weight is 386 g/mol. The highest BCUT2D eigenvalue weighted by molar-refractivity contribution is 5.93. The van der Waals surface area contributed by atoms with Gasteiger partial charge in [0.1, 0.15) is 5.75 Å². The molecule has 1 fully saturated rings. The van der Waals surface area contributed by atoms with Gasteiger partial charge in [-0.05, 0) is 76.9 Å². The van der Waals surface area contributed by atoms with Crippen molar-refractivity contribution in [3.8, 4) is 11.4 Å². The van der Waals surface area contributed by atoms with Gasteiger partial charge in [0.25, 0.3) is 5.91 Å². The molecule has 1 atom stereocenters. The van der Waals surface area contributed by atoms with Crippen LogP contribution in [0, 0.1) is 5.92 Å². The summed E-state index contributed by atoms with van der Waals surface area (Å²) in [4.78, 5) is 15.0. The monoisotopic (exact) mass is 385 g/mol. The number of amides is 1. The summed E-state index contributed by atoms with van der Waals surface area (Å²) in [7, 11) is 1.96. The van der Waals surface area contributed by atoms with Gasteiger partial charge >= 0.3 is 0 Å². The second-order valence-electron chi connectivity index (χ2n) is 7.63. The molecule has 7 heteroatoms. The Morgan fingerprint density at radius 2 is 2.07 bits per heavy atom. The van der Waals surface area contributed by atoms with E-state index in [2.05, 4.69) is 15.6 Å². The lowest BCUT2D eigenvalue weighted by molar-refractivity contribution is 0.0667. The highest BCUT2D eigenvalue weighted by atomic mass is 16.5. The van der Waals surface area contributed by atoms with Crippen LogP contribution in [0.4, 0.5) is 0 Å². The van der Waals surface area contributed by atoms with Gasteiger partial charge in [0.05, 0.1) is 17.5 Å². The molecule has 0 aliphatic carbocycles. The van der Waals surface area contributed by atoms with E-state index in [1.165, 1.54) is 0 Å². The SMILES string of the molecule is CCc1c(C(=O)N2CCC[C@H](CNC)C2)nnn1-c1ccc(OC(C)C)cc1. The molecular formula is C21H31N5O2. The van der Waals surface area contributed by atoms with Crippen LogP contribution in [0.5, 0.6) is 5.75 Å². The summed E-state index contributed by atoms with van der Waals surface area (Å²) in [6, 6.07) is 7.74. The number of piperidine rings is 1. The smallest absolute Gasteiger partial charge is 0.276 e. The minimum atomic E-state index is -0.0105. The van der Waals surface area contributed by atoms with Crippen LogP contribution in [0.3, 0.4) is 0 Å². The molecule has 0 unspecified atom stereocenters. The Kier molecular flexibility index (Phi) is 6.67. The van der Waals surface area contributed by atoms with Gasteiger partial charge < -0.3 is 15.0 Å². The van der Waals surface area contributed by atoms with Crippen LogP contribution in [-0.2, 0) is 6.42 Å². The highest BCUT2D eigenvalue weighted by Gasteiger charge is 2.28. The molecule has 3 rings (SSSR count). The van der Waals surface area contributed by atoms with E-state index < -0.39 is 0 Å². The lowest BCUT2D eigenvalue weighted by Crippen LogP contribution is -2.42. The van der Waals surface area contributed by atoms with Gasteiger partial charge in [0.15, 0.2) is 5.69 Å². The fourth-order valence-electron chi connectivity index (χ4n) is 3.79. The molecule has 1 aromatic carbocycles. The van der Waals surface area contributed by atoms with Crippen molar-refractivity contribution in [2.24, 2.45) is 5.92 Å². The summed E-state index contributed by atoms with van der Waals surface area (Å²) >= 11 is 0. The minimum absolute atomic E-state index is 0.0105. The summed E-state index contributed by atoms with van der Waals surface area (Å²) in [5.41, 5.74) is 2.19. The number of aromatic nitrogens is 3. The van der Waals surface area contributed by atoms with Gasteiger partial charge in [-0.15, -0.1) is 5.10 Å². The standard InChI is InChI=1S/C21H31N5O2/c1-5-19-20(21(27)25-12-6-7-16(14-25)13-22-4)23-24-26(19)17-8-10-18(11-9-17)28-15(2)3/h8-11,15-16,22H,5-7,12-14H2,1-4H3/t16-/m1/s1. The van der Waals surface area contributed by atoms with Crippen molar-refractivity contribution in [3.05, 3.63) is 35.7 Å². The molecule has 0 bridgehead atoms. The second-order valence-corrected chi connectivity index (χ2v) is 7.63. The third kappa shape index (κ3) is 4.52. The van der Waals surface area contributed by atoms with E-state index in [4.69, 9.17) is 4.74 Å². The van der Waals surface area contributed by atoms with Crippen LogP contribution in [0.1, 0.15) is 49.8 Å². The van der Waals surface area contributed by atoms with Crippen molar-refractivity contribution < 1.29 is 9.53 Å². The number of ether oxygens (including phenoxy) is 1. The van der Waals surface area contributed by atoms with Gasteiger partial charge in [-0.2, -0.15) is 0 Å². The Morgan fingerprint density at radius 3 is 2.71 bits per heavy atom. The van der Waals surface area contributed by atoms with Gasteiger partial charge in [-0.25, -0.2) is 4.68 Å². The van der Waals surface area contributed by atoms with Crippen molar-refractivity contribution >= 4 is 5.91 Å². The maximum absolute atomic E-state index is 13.1. The number of hydrogen-bond donors (Lipinski definition) is 1. The van der Waals surface area contributed by atoms with Crippen LogP contribution in [0.25, 0.3) is 5.69 Å². The predicted octanol–water partition coefficient (Wildman–Crippen LogP) is 2.69. The zero-order chi connectivity index (χ0) is 20.1. The maximum Gasteiger partial charge on any atom is 0.276 e. The van der Waals surface area contributed by atoms with Crippen LogP contribution in [0.15, 0.2) is 24.3 Å². The molecule has 2 aromatic rings. The summed E-state index contributed by atoms with van der Waals surface area (Å²) in [5, 5.41) is 11.8. The summed E-state index contributed by atoms with van der Waals surface area (Å²) in [6.45, 7) is 8.53. The van der Waals surface area contributed by atoms with Crippen molar-refractivity contribution in [1.29, 1.82) is 0 Å². The largest absolute Gasteiger partial charge is 0.491 e. The van der Waals surface area contributed by atoms with E-state index in [1.807, 2.05) is 57.0 Å². The van der Waals surface area contributed by atoms with Gasteiger partial charge in [-0.1, -0.05) is 12.1 Å². The van der Waals surface area contributed by atoms with Gasteiger partial charge in [0, 0.05) is 13.1 Å². The first-order valence-corrected chi connectivity index (χ1v) is 10.2. The van der Waals surface area contributed by atoms with Crippen LogP contribution in [-0.4, -0.2) is 58.6 Å². The molecule has 1 amide bonds. The molecule has 7 nitrogen and oxygen atoms in total. The number of benzene rings is 1. The number of hydrogen-bond acceptors (Lipinski definition) is 5. The van der Waals surface area contributed by atoms with Crippen LogP contribution in [0.2, 0.25) is 0 Å². The number of carbonyl (C=O) groups is 1. The fourth-order valence-corrected chi connectivity index (χ4v) is 3.79. The predicted molar refractivity (Wildman–Crippen MR) is 109 cm³/mol. The Balaban J connectivity index is 1.80. The first-order chi connectivity index (χ1) is 13.5. The Hall–Kier alpha value is -2.41. The number of carbonyl (C=O) groups excluding carboxylic acids is 1. The van der Waals surface area contributed by atoms with Crippen LogP contribution < -0.4 is 10.1 Å². The molecule has 1 saturated heterocycles. The zero-order valence-electron chi connectivity index (χ0n) is 17.3. The summed E-state index contributed by atoms with van der Waals surface area (Å²) in [5.74, 6) is 1.30. The fraction of sp³-hybridized carbons (Fsp3) is 0.571. The lowest BCUT2D eigenvalue weighted by atomic mass is 9.97. The number of likely N-dealkylation sites (tertiary alicyclic amines) is 1. The third-order valence-corrected chi connectivity index (χ3v) is 5.05. The molecule has 1 aliphatic heterocycles. The summed E-state index contributed by atoms with van der Waals surface area (Å²) in [6.07, 6.45) is 3.00. The van der Waals surface area contributed by atoms with E-state index in [0.717, 1.165) is 49.6 Å². The summed E-state index contributed by atoms with van der Waals surface area (Å²) < 4.78 is 7.47. The van der Waals surface area contributed by atoms with Gasteiger partial charge in [-0.3, -0.25) is 4.79 Å². The van der Waals surface area contributed by atoms with Crippen molar-refractivity contribution in [2.45, 2.75) is 46.1 Å². The topological polar surface area (TPSA) is 72.3 Å². The Morgan fingerprint density at radius 1 is 1.32 bits per heavy atom. The second kappa shape index (κ2) is 9.19. The van der Waals surface area contributed by atoms with E-state index >= 15 is 0 Å². The minimum Gasteiger partial charge on any atom is -0.491 e. The van der Waals surface area contributed by atoms with Crippen molar-refractivity contribution in [1.82, 2.24) is 25.2 Å². The molecule has 1 aliphatic rings. The molecular weight excluding hydrogens is 354 g/mol. The number of nitrogens with one attached hydrogen (secondary N) is 1. The Bertz CT molecular complexity index is 783. The zero-order valence-corrected chi connectivity index (χ0v) is 17.3. The Labute approximate surface area is 167 Å². The average Bonchev–Trinajstić information content (AvgIpc) is 3.12. The number of rotatable bonds is 7. The molecule has 28 heavy (non-hydrogen) atoms. The van der Waals surface area contributed by atoms with Crippen molar-refractivity contribution in [2.75, 3.05) is 26.7 Å². The van der Waals surface area contributed by atoms with E-state index in [1.54, 1.807) is 4.68 Å². The highest BCUT2D eigenvalue weighted by Crippen LogP contribution is 2.22. The molecule has 0 radical (unpaired) electrons. The van der Waals surface area contributed by atoms with E-state index in [0.29, 0.717) is 18.0 Å². The van der Waals surface area contributed by atoms with Crippen molar-refractivity contribution in [3.63, 3.8) is 0 Å². The number of nitrogens with zero attached hydrogens (tertiary/aromatic N) is 4. The van der Waals surface area contributed by atoms with E-state index in [9.17, 15) is 4.79 Å². The first kappa shape index (κ1) is 20.3.